The highest BCUT2D eigenvalue weighted by molar-refractivity contribution is 5.95. The molecule has 1 aliphatic rings. The molecule has 2 N–H and O–H groups in total. The second-order valence-electron chi connectivity index (χ2n) is 6.88. The summed E-state index contributed by atoms with van der Waals surface area (Å²) in [6.45, 7) is 9.84. The number of hydrogen-bond donors (Lipinski definition) is 2. The molecule has 0 aliphatic carbocycles. The molecule has 134 valence electrons. The van der Waals surface area contributed by atoms with Gasteiger partial charge in [-0.3, -0.25) is 14.8 Å². The van der Waals surface area contributed by atoms with Gasteiger partial charge in [0.25, 0.3) is 5.91 Å². The van der Waals surface area contributed by atoms with E-state index in [0.29, 0.717) is 12.6 Å². The molecular formula is C19H27N5O. The zero-order valence-electron chi connectivity index (χ0n) is 15.5. The van der Waals surface area contributed by atoms with E-state index in [9.17, 15) is 4.79 Å². The van der Waals surface area contributed by atoms with E-state index in [-0.39, 0.29) is 11.9 Å². The first-order chi connectivity index (χ1) is 12.0. The third-order valence-corrected chi connectivity index (χ3v) is 5.08. The molecule has 6 nitrogen and oxygen atoms in total. The van der Waals surface area contributed by atoms with Gasteiger partial charge in [0.05, 0.1) is 6.04 Å². The zero-order valence-corrected chi connectivity index (χ0v) is 15.5. The predicted molar refractivity (Wildman–Crippen MR) is 97.5 cm³/mol. The number of rotatable bonds is 6. The van der Waals surface area contributed by atoms with Crippen molar-refractivity contribution in [1.82, 2.24) is 25.4 Å². The SMILES string of the molecule is CCc1nc(C(C)N2CCC2CNC(=O)c2cc(C)ccc2C)n[nH]1. The molecule has 6 heteroatoms. The molecule has 25 heavy (non-hydrogen) atoms. The molecule has 2 heterocycles. The van der Waals surface area contributed by atoms with Gasteiger partial charge in [-0.05, 0) is 38.8 Å². The van der Waals surface area contributed by atoms with Crippen LogP contribution in [-0.2, 0) is 6.42 Å². The van der Waals surface area contributed by atoms with Gasteiger partial charge in [-0.2, -0.15) is 5.10 Å². The predicted octanol–water partition coefficient (Wildman–Crippen LogP) is 2.55. The number of carbonyl (C=O) groups is 1. The average molecular weight is 341 g/mol. The summed E-state index contributed by atoms with van der Waals surface area (Å²) in [5, 5.41) is 10.4. The largest absolute Gasteiger partial charge is 0.350 e. The van der Waals surface area contributed by atoms with E-state index in [4.69, 9.17) is 0 Å². The van der Waals surface area contributed by atoms with E-state index >= 15 is 0 Å². The van der Waals surface area contributed by atoms with Crippen molar-refractivity contribution < 1.29 is 4.79 Å². The minimum Gasteiger partial charge on any atom is -0.350 e. The number of nitrogens with one attached hydrogen (secondary N) is 2. The van der Waals surface area contributed by atoms with Crippen LogP contribution in [0.3, 0.4) is 0 Å². The molecule has 2 atom stereocenters. The molecule has 2 aromatic rings. The van der Waals surface area contributed by atoms with Crippen LogP contribution in [0.15, 0.2) is 18.2 Å². The van der Waals surface area contributed by atoms with Crippen molar-refractivity contribution >= 4 is 5.91 Å². The Bertz CT molecular complexity index is 754. The summed E-state index contributed by atoms with van der Waals surface area (Å²) >= 11 is 0. The summed E-state index contributed by atoms with van der Waals surface area (Å²) in [7, 11) is 0. The second kappa shape index (κ2) is 7.35. The van der Waals surface area contributed by atoms with Crippen LogP contribution in [0.25, 0.3) is 0 Å². The van der Waals surface area contributed by atoms with Crippen molar-refractivity contribution in [3.8, 4) is 0 Å². The van der Waals surface area contributed by atoms with Crippen molar-refractivity contribution in [3.63, 3.8) is 0 Å². The van der Waals surface area contributed by atoms with E-state index in [1.165, 1.54) is 0 Å². The number of aryl methyl sites for hydroxylation is 3. The van der Waals surface area contributed by atoms with E-state index in [1.54, 1.807) is 0 Å². The Hall–Kier alpha value is -2.21. The van der Waals surface area contributed by atoms with Gasteiger partial charge in [0.1, 0.15) is 5.82 Å². The number of nitrogens with zero attached hydrogens (tertiary/aromatic N) is 3. The summed E-state index contributed by atoms with van der Waals surface area (Å²) in [5.74, 6) is 1.76. The molecule has 2 unspecified atom stereocenters. The van der Waals surface area contributed by atoms with Crippen LogP contribution in [0.2, 0.25) is 0 Å². The number of H-pyrrole nitrogens is 1. The van der Waals surface area contributed by atoms with Crippen molar-refractivity contribution in [3.05, 3.63) is 46.5 Å². The van der Waals surface area contributed by atoms with Gasteiger partial charge in [-0.15, -0.1) is 0 Å². The van der Waals surface area contributed by atoms with Gasteiger partial charge in [-0.1, -0.05) is 24.6 Å². The molecule has 1 amide bonds. The lowest BCUT2D eigenvalue weighted by Gasteiger charge is -2.44. The molecule has 1 aromatic heterocycles. The van der Waals surface area contributed by atoms with Crippen LogP contribution in [0, 0.1) is 13.8 Å². The minimum absolute atomic E-state index is 0.00636. The van der Waals surface area contributed by atoms with Gasteiger partial charge in [0.15, 0.2) is 5.82 Å². The summed E-state index contributed by atoms with van der Waals surface area (Å²) in [5.41, 5.74) is 2.88. The zero-order chi connectivity index (χ0) is 18.0. The smallest absolute Gasteiger partial charge is 0.251 e. The quantitative estimate of drug-likeness (QED) is 0.847. The molecule has 0 saturated carbocycles. The van der Waals surface area contributed by atoms with E-state index in [1.807, 2.05) is 32.0 Å². The van der Waals surface area contributed by atoms with Gasteiger partial charge in [0, 0.05) is 31.1 Å². The van der Waals surface area contributed by atoms with Gasteiger partial charge < -0.3 is 5.32 Å². The van der Waals surface area contributed by atoms with Crippen molar-refractivity contribution in [2.45, 2.75) is 52.6 Å². The maximum absolute atomic E-state index is 12.5. The summed E-state index contributed by atoms with van der Waals surface area (Å²) in [6.07, 6.45) is 1.94. The molecule has 1 aromatic carbocycles. The van der Waals surface area contributed by atoms with Crippen molar-refractivity contribution in [1.29, 1.82) is 0 Å². The normalized spacial score (nSPS) is 18.6. The molecule has 1 saturated heterocycles. The fourth-order valence-electron chi connectivity index (χ4n) is 3.28. The lowest BCUT2D eigenvalue weighted by Crippen LogP contribution is -2.54. The van der Waals surface area contributed by atoms with Crippen LogP contribution in [0.1, 0.15) is 59.4 Å². The number of likely N-dealkylation sites (tertiary alicyclic amines) is 1. The van der Waals surface area contributed by atoms with Crippen molar-refractivity contribution in [2.75, 3.05) is 13.1 Å². The van der Waals surface area contributed by atoms with Gasteiger partial charge in [0.2, 0.25) is 0 Å². The molecule has 0 radical (unpaired) electrons. The van der Waals surface area contributed by atoms with Crippen LogP contribution in [-0.4, -0.2) is 45.1 Å². The fraction of sp³-hybridized carbons (Fsp3) is 0.526. The number of benzene rings is 1. The summed E-state index contributed by atoms with van der Waals surface area (Å²) in [4.78, 5) is 19.4. The summed E-state index contributed by atoms with van der Waals surface area (Å²) in [6, 6.07) is 6.48. The first kappa shape index (κ1) is 17.6. The Morgan fingerprint density at radius 1 is 1.44 bits per heavy atom. The molecular weight excluding hydrogens is 314 g/mol. The van der Waals surface area contributed by atoms with Gasteiger partial charge in [-0.25, -0.2) is 4.98 Å². The highest BCUT2D eigenvalue weighted by Gasteiger charge is 2.34. The highest BCUT2D eigenvalue weighted by atomic mass is 16.1. The molecule has 3 rings (SSSR count). The Morgan fingerprint density at radius 2 is 2.24 bits per heavy atom. The second-order valence-corrected chi connectivity index (χ2v) is 6.88. The Labute approximate surface area is 149 Å². The third kappa shape index (κ3) is 3.74. The van der Waals surface area contributed by atoms with Gasteiger partial charge >= 0.3 is 0 Å². The lowest BCUT2D eigenvalue weighted by molar-refractivity contribution is 0.0432. The van der Waals surface area contributed by atoms with E-state index in [0.717, 1.165) is 47.7 Å². The topological polar surface area (TPSA) is 73.9 Å². The maximum atomic E-state index is 12.5. The average Bonchev–Trinajstić information content (AvgIpc) is 3.05. The van der Waals surface area contributed by atoms with Crippen LogP contribution in [0.4, 0.5) is 0 Å². The first-order valence-electron chi connectivity index (χ1n) is 9.02. The molecule has 1 fully saturated rings. The summed E-state index contributed by atoms with van der Waals surface area (Å²) < 4.78 is 0. The number of aromatic nitrogens is 3. The Balaban J connectivity index is 1.58. The number of aromatic amines is 1. The number of carbonyl (C=O) groups excluding carboxylic acids is 1. The molecule has 0 spiro atoms. The first-order valence-corrected chi connectivity index (χ1v) is 9.02. The number of amides is 1. The lowest BCUT2D eigenvalue weighted by atomic mass is 9.99. The van der Waals surface area contributed by atoms with Crippen LogP contribution in [0.5, 0.6) is 0 Å². The van der Waals surface area contributed by atoms with E-state index < -0.39 is 0 Å². The highest BCUT2D eigenvalue weighted by Crippen LogP contribution is 2.28. The minimum atomic E-state index is 0.00636. The Morgan fingerprint density at radius 3 is 2.88 bits per heavy atom. The Kier molecular flexibility index (Phi) is 5.18. The third-order valence-electron chi connectivity index (χ3n) is 5.08. The fourth-order valence-corrected chi connectivity index (χ4v) is 3.28. The molecule has 1 aliphatic heterocycles. The van der Waals surface area contributed by atoms with Crippen LogP contribution < -0.4 is 5.32 Å². The van der Waals surface area contributed by atoms with E-state index in [2.05, 4.69) is 39.2 Å². The maximum Gasteiger partial charge on any atom is 0.251 e. The van der Waals surface area contributed by atoms with Crippen molar-refractivity contribution in [2.24, 2.45) is 0 Å². The standard InChI is InChI=1S/C19H27N5O/c1-5-17-21-18(23-22-17)14(4)24-9-8-15(24)11-20-19(25)16-10-12(2)6-7-13(16)3/h6-7,10,14-15H,5,8-9,11H2,1-4H3,(H,20,25)(H,21,22,23). The molecule has 0 bridgehead atoms. The number of hydrogen-bond acceptors (Lipinski definition) is 4. The monoisotopic (exact) mass is 341 g/mol. The van der Waals surface area contributed by atoms with Crippen LogP contribution >= 0.6 is 0 Å².